The van der Waals surface area contributed by atoms with Crippen molar-refractivity contribution in [1.29, 1.82) is 0 Å². The summed E-state index contributed by atoms with van der Waals surface area (Å²) in [4.78, 5) is 20.6. The molecule has 0 radical (unpaired) electrons. The molecule has 0 spiro atoms. The highest BCUT2D eigenvalue weighted by Crippen LogP contribution is 2.34. The molecule has 0 aliphatic carbocycles. The van der Waals surface area contributed by atoms with Crippen LogP contribution in [0.15, 0.2) is 53.8 Å². The Balaban J connectivity index is 1.94. The molecule has 0 aliphatic heterocycles. The first-order chi connectivity index (χ1) is 15.9. The van der Waals surface area contributed by atoms with Crippen LogP contribution in [0.1, 0.15) is 26.3 Å². The molecule has 1 heterocycles. The molecule has 0 bridgehead atoms. The fourth-order valence-electron chi connectivity index (χ4n) is 2.86. The molecule has 6 nitrogen and oxygen atoms in total. The molecule has 34 heavy (non-hydrogen) atoms. The molecule has 1 amide bonds. The normalized spacial score (nSPS) is 11.8. The Morgan fingerprint density at radius 3 is 2.32 bits per heavy atom. The van der Waals surface area contributed by atoms with E-state index in [1.807, 2.05) is 0 Å². The van der Waals surface area contributed by atoms with Gasteiger partial charge in [0.2, 0.25) is 0 Å². The van der Waals surface area contributed by atoms with E-state index < -0.39 is 29.3 Å². The van der Waals surface area contributed by atoms with E-state index in [-0.39, 0.29) is 17.2 Å². The monoisotopic (exact) mass is 494 g/mol. The van der Waals surface area contributed by atoms with Crippen molar-refractivity contribution in [3.8, 4) is 11.1 Å². The number of anilines is 3. The van der Waals surface area contributed by atoms with E-state index in [0.717, 1.165) is 18.2 Å². The lowest BCUT2D eigenvalue weighted by Gasteiger charge is -2.20. The summed E-state index contributed by atoms with van der Waals surface area (Å²) in [5.74, 6) is -0.440. The van der Waals surface area contributed by atoms with Crippen molar-refractivity contribution < 1.29 is 27.1 Å². The number of halogens is 4. The number of ether oxygens (including phenoxy) is 1. The predicted molar refractivity (Wildman–Crippen MR) is 124 cm³/mol. The molecular formula is C23H22F4N4O2S. The first kappa shape index (κ1) is 25.3. The van der Waals surface area contributed by atoms with Gasteiger partial charge in [0.25, 0.3) is 0 Å². The zero-order valence-corrected chi connectivity index (χ0v) is 19.6. The van der Waals surface area contributed by atoms with Crippen LogP contribution in [-0.2, 0) is 10.9 Å². The highest BCUT2D eigenvalue weighted by atomic mass is 32.2. The third-order valence-electron chi connectivity index (χ3n) is 4.34. The zero-order chi connectivity index (χ0) is 25.1. The van der Waals surface area contributed by atoms with Gasteiger partial charge in [-0.2, -0.15) is 13.2 Å². The van der Waals surface area contributed by atoms with Gasteiger partial charge in [0, 0.05) is 17.4 Å². The van der Waals surface area contributed by atoms with Gasteiger partial charge in [-0.25, -0.2) is 19.2 Å². The van der Waals surface area contributed by atoms with Crippen LogP contribution in [0.3, 0.4) is 0 Å². The van der Waals surface area contributed by atoms with Crippen molar-refractivity contribution in [2.75, 3.05) is 16.9 Å². The van der Waals surface area contributed by atoms with Crippen LogP contribution in [0.25, 0.3) is 11.1 Å². The lowest BCUT2D eigenvalue weighted by molar-refractivity contribution is -0.137. The van der Waals surface area contributed by atoms with E-state index in [4.69, 9.17) is 4.74 Å². The molecule has 0 saturated carbocycles. The first-order valence-electron chi connectivity index (χ1n) is 10.0. The highest BCUT2D eigenvalue weighted by Gasteiger charge is 2.30. The Bertz CT molecular complexity index is 1180. The second kappa shape index (κ2) is 9.88. The van der Waals surface area contributed by atoms with Crippen molar-refractivity contribution in [3.63, 3.8) is 0 Å². The van der Waals surface area contributed by atoms with Crippen molar-refractivity contribution in [3.05, 3.63) is 60.0 Å². The van der Waals surface area contributed by atoms with Crippen molar-refractivity contribution in [1.82, 2.24) is 9.97 Å². The van der Waals surface area contributed by atoms with Crippen LogP contribution in [0.2, 0.25) is 0 Å². The molecule has 3 rings (SSSR count). The number of thioether (sulfide) groups is 1. The summed E-state index contributed by atoms with van der Waals surface area (Å²) < 4.78 is 58.6. The molecular weight excluding hydrogens is 472 g/mol. The van der Waals surface area contributed by atoms with Crippen LogP contribution in [0.5, 0.6) is 0 Å². The van der Waals surface area contributed by atoms with E-state index in [0.29, 0.717) is 16.3 Å². The Hall–Kier alpha value is -3.34. The smallest absolute Gasteiger partial charge is 0.416 e. The standard InChI is InChI=1S/C23H22F4N4O2S/c1-22(2,3)33-21(32)29-15-9-10-17(24)18(11-15)30-19-16(12-28-20(31-19)34-4)13-5-7-14(8-6-13)23(25,26)27/h5-12H,1-4H3,(H,29,32)(H,28,30,31). The molecule has 0 unspecified atom stereocenters. The number of hydrogen-bond donors (Lipinski definition) is 2. The van der Waals surface area contributed by atoms with Crippen molar-refractivity contribution in [2.24, 2.45) is 0 Å². The SMILES string of the molecule is CSc1ncc(-c2ccc(C(F)(F)F)cc2)c(Nc2cc(NC(=O)OC(C)(C)C)ccc2F)n1. The van der Waals surface area contributed by atoms with Crippen LogP contribution in [0.4, 0.5) is 39.5 Å². The largest absolute Gasteiger partial charge is 0.444 e. The lowest BCUT2D eigenvalue weighted by Crippen LogP contribution is -2.27. The number of nitrogens with zero attached hydrogens (tertiary/aromatic N) is 2. The summed E-state index contributed by atoms with van der Waals surface area (Å²) in [6.45, 7) is 5.14. The van der Waals surface area contributed by atoms with Crippen molar-refractivity contribution in [2.45, 2.75) is 37.7 Å². The van der Waals surface area contributed by atoms with E-state index in [2.05, 4.69) is 20.6 Å². The molecule has 2 aromatic carbocycles. The number of carbonyl (C=O) groups excluding carboxylic acids is 1. The summed E-state index contributed by atoms with van der Waals surface area (Å²) in [7, 11) is 0. The second-order valence-corrected chi connectivity index (χ2v) is 8.91. The Labute approximate surface area is 198 Å². The van der Waals surface area contributed by atoms with Gasteiger partial charge in [0.05, 0.1) is 11.3 Å². The summed E-state index contributed by atoms with van der Waals surface area (Å²) in [5.41, 5.74) is -0.458. The third kappa shape index (κ3) is 6.60. The Morgan fingerprint density at radius 1 is 1.06 bits per heavy atom. The van der Waals surface area contributed by atoms with Gasteiger partial charge in [-0.3, -0.25) is 5.32 Å². The molecule has 0 saturated heterocycles. The Kier molecular flexibility index (Phi) is 7.35. The molecule has 11 heteroatoms. The maximum absolute atomic E-state index is 14.6. The van der Waals surface area contributed by atoms with Gasteiger partial charge >= 0.3 is 12.3 Å². The molecule has 0 aliphatic rings. The number of benzene rings is 2. The number of nitrogens with one attached hydrogen (secondary N) is 2. The van der Waals surface area contributed by atoms with E-state index in [1.165, 1.54) is 42.2 Å². The fourth-order valence-corrected chi connectivity index (χ4v) is 3.20. The van der Waals surface area contributed by atoms with Crippen molar-refractivity contribution >= 4 is 35.0 Å². The number of carbonyl (C=O) groups is 1. The minimum atomic E-state index is -4.47. The zero-order valence-electron chi connectivity index (χ0n) is 18.7. The topological polar surface area (TPSA) is 76.1 Å². The van der Waals surface area contributed by atoms with Crippen LogP contribution >= 0.6 is 11.8 Å². The summed E-state index contributed by atoms with van der Waals surface area (Å²) >= 11 is 1.25. The van der Waals surface area contributed by atoms with Gasteiger partial charge in [0.1, 0.15) is 17.2 Å². The Morgan fingerprint density at radius 2 is 1.74 bits per heavy atom. The second-order valence-electron chi connectivity index (χ2n) is 8.14. The summed E-state index contributed by atoms with van der Waals surface area (Å²) in [5, 5.41) is 5.77. The third-order valence-corrected chi connectivity index (χ3v) is 4.90. The number of aromatic nitrogens is 2. The number of rotatable bonds is 5. The fraction of sp³-hybridized carbons (Fsp3) is 0.261. The van der Waals surface area contributed by atoms with Crippen LogP contribution in [0, 0.1) is 5.82 Å². The summed E-state index contributed by atoms with van der Waals surface area (Å²) in [6.07, 6.45) is -1.97. The number of amides is 1. The molecule has 3 aromatic rings. The van der Waals surface area contributed by atoms with E-state index >= 15 is 0 Å². The first-order valence-corrected chi connectivity index (χ1v) is 11.2. The van der Waals surface area contributed by atoms with Gasteiger partial charge < -0.3 is 10.1 Å². The average Bonchev–Trinajstić information content (AvgIpc) is 2.74. The lowest BCUT2D eigenvalue weighted by atomic mass is 10.1. The van der Waals surface area contributed by atoms with Gasteiger partial charge in [-0.05, 0) is 62.9 Å². The van der Waals surface area contributed by atoms with Gasteiger partial charge in [0.15, 0.2) is 5.16 Å². The number of hydrogen-bond acceptors (Lipinski definition) is 6. The molecule has 180 valence electrons. The maximum Gasteiger partial charge on any atom is 0.416 e. The van der Waals surface area contributed by atoms with Crippen LogP contribution in [-0.4, -0.2) is 27.9 Å². The molecule has 0 fully saturated rings. The van der Waals surface area contributed by atoms with E-state index in [9.17, 15) is 22.4 Å². The average molecular weight is 495 g/mol. The predicted octanol–water partition coefficient (Wildman–Crippen LogP) is 7.11. The van der Waals surface area contributed by atoms with Crippen LogP contribution < -0.4 is 10.6 Å². The maximum atomic E-state index is 14.6. The molecule has 2 N–H and O–H groups in total. The van der Waals surface area contributed by atoms with Gasteiger partial charge in [-0.15, -0.1) is 0 Å². The molecule has 0 atom stereocenters. The molecule has 1 aromatic heterocycles. The summed E-state index contributed by atoms with van der Waals surface area (Å²) in [6, 6.07) is 8.38. The van der Waals surface area contributed by atoms with E-state index in [1.54, 1.807) is 27.0 Å². The van der Waals surface area contributed by atoms with Gasteiger partial charge in [-0.1, -0.05) is 23.9 Å². The minimum absolute atomic E-state index is 0.00697. The number of alkyl halides is 3. The minimum Gasteiger partial charge on any atom is -0.444 e. The quantitative estimate of drug-likeness (QED) is 0.224. The highest BCUT2D eigenvalue weighted by molar-refractivity contribution is 7.98.